The molecule has 110 valence electrons. The molecule has 0 radical (unpaired) electrons. The Kier molecular flexibility index (Phi) is 3.63. The molecule has 2 aliphatic rings. The minimum absolute atomic E-state index is 0.636. The van der Waals surface area contributed by atoms with Gasteiger partial charge < -0.3 is 15.1 Å². The predicted molar refractivity (Wildman–Crippen MR) is 81.4 cm³/mol. The second-order valence-corrected chi connectivity index (χ2v) is 6.07. The van der Waals surface area contributed by atoms with Crippen molar-refractivity contribution in [2.45, 2.75) is 38.6 Å². The molecule has 2 unspecified atom stereocenters. The molecule has 6 heteroatoms. The van der Waals surface area contributed by atoms with E-state index in [1.165, 1.54) is 19.3 Å². The third-order valence-corrected chi connectivity index (χ3v) is 4.21. The van der Waals surface area contributed by atoms with Crippen LogP contribution < -0.4 is 15.1 Å². The first-order valence-electron chi connectivity index (χ1n) is 7.61. The average Bonchev–Trinajstić information content (AvgIpc) is 3.07. The number of rotatable bonds is 5. The maximum atomic E-state index is 4.63. The van der Waals surface area contributed by atoms with E-state index in [0.717, 1.165) is 37.3 Å². The fourth-order valence-electron chi connectivity index (χ4n) is 3.17. The van der Waals surface area contributed by atoms with Gasteiger partial charge >= 0.3 is 0 Å². The molecule has 2 atom stereocenters. The first-order valence-corrected chi connectivity index (χ1v) is 7.61. The standard InChI is InChI=1S/C14H24N6/c1-4-7-15-12-16-13(19(2)3)18-14(17-12)20-9-10-5-6-11(20)8-10/h10-11H,4-9H2,1-3H3,(H,15,16,17,18). The minimum atomic E-state index is 0.636. The van der Waals surface area contributed by atoms with Crippen molar-refractivity contribution < 1.29 is 0 Å². The highest BCUT2D eigenvalue weighted by Gasteiger charge is 2.39. The van der Waals surface area contributed by atoms with Crippen LogP contribution in [0.1, 0.15) is 32.6 Å². The van der Waals surface area contributed by atoms with Gasteiger partial charge in [-0.2, -0.15) is 15.0 Å². The number of aromatic nitrogens is 3. The molecule has 2 heterocycles. The number of hydrogen-bond donors (Lipinski definition) is 1. The van der Waals surface area contributed by atoms with Crippen LogP contribution in [0.3, 0.4) is 0 Å². The zero-order chi connectivity index (χ0) is 14.1. The minimum Gasteiger partial charge on any atom is -0.354 e. The van der Waals surface area contributed by atoms with E-state index in [1.54, 1.807) is 0 Å². The van der Waals surface area contributed by atoms with Crippen LogP contribution in [0, 0.1) is 5.92 Å². The summed E-state index contributed by atoms with van der Waals surface area (Å²) in [6.45, 7) is 4.14. The molecule has 0 aromatic carbocycles. The number of nitrogens with one attached hydrogen (secondary N) is 1. The second kappa shape index (κ2) is 5.42. The number of hydrogen-bond acceptors (Lipinski definition) is 6. The third-order valence-electron chi connectivity index (χ3n) is 4.21. The summed E-state index contributed by atoms with van der Waals surface area (Å²) in [6, 6.07) is 0.636. The van der Waals surface area contributed by atoms with Crippen LogP contribution in [-0.4, -0.2) is 48.2 Å². The Hall–Kier alpha value is -1.59. The van der Waals surface area contributed by atoms with Crippen molar-refractivity contribution in [3.05, 3.63) is 0 Å². The quantitative estimate of drug-likeness (QED) is 0.884. The van der Waals surface area contributed by atoms with Crippen LogP contribution in [0.4, 0.5) is 17.8 Å². The summed E-state index contributed by atoms with van der Waals surface area (Å²) in [5, 5.41) is 3.28. The van der Waals surface area contributed by atoms with Crippen LogP contribution in [0.5, 0.6) is 0 Å². The summed E-state index contributed by atoms with van der Waals surface area (Å²) in [6.07, 6.45) is 5.02. The summed E-state index contributed by atoms with van der Waals surface area (Å²) in [4.78, 5) is 18.0. The molecule has 1 aliphatic heterocycles. The fourth-order valence-corrected chi connectivity index (χ4v) is 3.17. The van der Waals surface area contributed by atoms with E-state index in [-0.39, 0.29) is 0 Å². The number of anilines is 3. The van der Waals surface area contributed by atoms with Gasteiger partial charge in [0.1, 0.15) is 0 Å². The molecule has 20 heavy (non-hydrogen) atoms. The van der Waals surface area contributed by atoms with Crippen molar-refractivity contribution in [3.63, 3.8) is 0 Å². The van der Waals surface area contributed by atoms with Gasteiger partial charge in [0.15, 0.2) is 0 Å². The van der Waals surface area contributed by atoms with Gasteiger partial charge in [-0.15, -0.1) is 0 Å². The van der Waals surface area contributed by atoms with Gasteiger partial charge in [-0.3, -0.25) is 0 Å². The first kappa shape index (κ1) is 13.4. The van der Waals surface area contributed by atoms with Crippen molar-refractivity contribution in [3.8, 4) is 0 Å². The van der Waals surface area contributed by atoms with Gasteiger partial charge in [-0.1, -0.05) is 6.92 Å². The lowest BCUT2D eigenvalue weighted by molar-refractivity contribution is 0.546. The van der Waals surface area contributed by atoms with E-state index in [9.17, 15) is 0 Å². The van der Waals surface area contributed by atoms with Crippen molar-refractivity contribution in [1.29, 1.82) is 0 Å². The molecule has 1 saturated heterocycles. The average molecular weight is 276 g/mol. The first-order chi connectivity index (χ1) is 9.67. The van der Waals surface area contributed by atoms with E-state index in [4.69, 9.17) is 0 Å². The van der Waals surface area contributed by atoms with E-state index < -0.39 is 0 Å². The van der Waals surface area contributed by atoms with Gasteiger partial charge in [0.05, 0.1) is 0 Å². The largest absolute Gasteiger partial charge is 0.354 e. The van der Waals surface area contributed by atoms with E-state index in [1.807, 2.05) is 19.0 Å². The topological polar surface area (TPSA) is 57.2 Å². The molecule has 1 aliphatic carbocycles. The highest BCUT2D eigenvalue weighted by atomic mass is 15.4. The smallest absolute Gasteiger partial charge is 0.232 e. The summed E-state index contributed by atoms with van der Waals surface area (Å²) in [5.41, 5.74) is 0. The molecule has 3 rings (SSSR count). The Bertz CT molecular complexity index is 475. The Labute approximate surface area is 120 Å². The summed E-state index contributed by atoms with van der Waals surface area (Å²) >= 11 is 0. The van der Waals surface area contributed by atoms with Gasteiger partial charge in [-0.25, -0.2) is 0 Å². The fraction of sp³-hybridized carbons (Fsp3) is 0.786. The summed E-state index contributed by atoms with van der Waals surface area (Å²) in [7, 11) is 3.94. The number of fused-ring (bicyclic) bond motifs is 2. The van der Waals surface area contributed by atoms with Gasteiger partial charge in [-0.05, 0) is 31.6 Å². The Morgan fingerprint density at radius 3 is 2.70 bits per heavy atom. The molecular weight excluding hydrogens is 252 g/mol. The Morgan fingerprint density at radius 2 is 2.10 bits per heavy atom. The van der Waals surface area contributed by atoms with Gasteiger partial charge in [0.2, 0.25) is 17.8 Å². The lowest BCUT2D eigenvalue weighted by Crippen LogP contribution is -2.34. The summed E-state index contributed by atoms with van der Waals surface area (Å²) in [5.74, 6) is 3.11. The van der Waals surface area contributed by atoms with Crippen molar-refractivity contribution >= 4 is 17.8 Å². The van der Waals surface area contributed by atoms with Crippen molar-refractivity contribution in [2.24, 2.45) is 5.92 Å². The SMILES string of the molecule is CCCNc1nc(N(C)C)nc(N2CC3CCC2C3)n1. The van der Waals surface area contributed by atoms with Gasteiger partial charge in [0.25, 0.3) is 0 Å². The van der Waals surface area contributed by atoms with Crippen LogP contribution in [0.2, 0.25) is 0 Å². The Balaban J connectivity index is 1.87. The van der Waals surface area contributed by atoms with Gasteiger partial charge in [0, 0.05) is 33.2 Å². The predicted octanol–water partition coefficient (Wildman–Crippen LogP) is 1.75. The van der Waals surface area contributed by atoms with E-state index in [0.29, 0.717) is 12.0 Å². The zero-order valence-electron chi connectivity index (χ0n) is 12.6. The van der Waals surface area contributed by atoms with Crippen molar-refractivity contribution in [2.75, 3.05) is 42.3 Å². The molecule has 6 nitrogen and oxygen atoms in total. The number of piperidine rings is 1. The monoisotopic (exact) mass is 276 g/mol. The molecule has 0 amide bonds. The molecule has 1 aromatic rings. The molecule has 1 N–H and O–H groups in total. The van der Waals surface area contributed by atoms with Crippen LogP contribution in [0.15, 0.2) is 0 Å². The highest BCUT2D eigenvalue weighted by molar-refractivity contribution is 5.46. The van der Waals surface area contributed by atoms with E-state index >= 15 is 0 Å². The zero-order valence-corrected chi connectivity index (χ0v) is 12.6. The lowest BCUT2D eigenvalue weighted by atomic mass is 10.1. The second-order valence-electron chi connectivity index (χ2n) is 6.07. The highest BCUT2D eigenvalue weighted by Crippen LogP contribution is 2.39. The van der Waals surface area contributed by atoms with Crippen LogP contribution >= 0.6 is 0 Å². The Morgan fingerprint density at radius 1 is 1.25 bits per heavy atom. The number of nitrogens with zero attached hydrogens (tertiary/aromatic N) is 5. The normalized spacial score (nSPS) is 24.2. The molecule has 2 fully saturated rings. The lowest BCUT2D eigenvalue weighted by Gasteiger charge is -2.27. The maximum Gasteiger partial charge on any atom is 0.232 e. The summed E-state index contributed by atoms with van der Waals surface area (Å²) < 4.78 is 0. The van der Waals surface area contributed by atoms with Crippen LogP contribution in [0.25, 0.3) is 0 Å². The van der Waals surface area contributed by atoms with Crippen LogP contribution in [-0.2, 0) is 0 Å². The van der Waals surface area contributed by atoms with Crippen molar-refractivity contribution in [1.82, 2.24) is 15.0 Å². The third kappa shape index (κ3) is 2.51. The molecule has 1 aromatic heterocycles. The van der Waals surface area contributed by atoms with E-state index in [2.05, 4.69) is 32.1 Å². The molecular formula is C14H24N6. The molecule has 2 bridgehead atoms. The molecule has 1 saturated carbocycles. The molecule has 0 spiro atoms. The maximum absolute atomic E-state index is 4.63.